The average Bonchev–Trinajstić information content (AvgIpc) is 2.07. The first-order valence-electron chi connectivity index (χ1n) is 5.12. The van der Waals surface area contributed by atoms with E-state index >= 15 is 0 Å². The van der Waals surface area contributed by atoms with Crippen LogP contribution < -0.4 is 0 Å². The quantitative estimate of drug-likeness (QED) is 0.517. The SMILES string of the molecule is C/C=C\C1CCC2C=C(C)[C@@H]2C1. The summed E-state index contributed by atoms with van der Waals surface area (Å²) in [5, 5.41) is 0. The Morgan fingerprint density at radius 2 is 2.25 bits per heavy atom. The third kappa shape index (κ3) is 1.24. The number of allylic oxidation sites excluding steroid dienone is 4. The van der Waals surface area contributed by atoms with Gasteiger partial charge in [-0.3, -0.25) is 0 Å². The van der Waals surface area contributed by atoms with Crippen molar-refractivity contribution in [3.63, 3.8) is 0 Å². The molecule has 0 saturated heterocycles. The van der Waals surface area contributed by atoms with Crippen molar-refractivity contribution in [2.75, 3.05) is 0 Å². The highest BCUT2D eigenvalue weighted by molar-refractivity contribution is 5.22. The van der Waals surface area contributed by atoms with Crippen LogP contribution in [0.4, 0.5) is 0 Å². The molecule has 2 aliphatic rings. The summed E-state index contributed by atoms with van der Waals surface area (Å²) < 4.78 is 0. The monoisotopic (exact) mass is 162 g/mol. The van der Waals surface area contributed by atoms with E-state index in [2.05, 4.69) is 32.1 Å². The van der Waals surface area contributed by atoms with Crippen molar-refractivity contribution in [3.8, 4) is 0 Å². The minimum absolute atomic E-state index is 0.875. The lowest BCUT2D eigenvalue weighted by atomic mass is 9.64. The molecule has 1 saturated carbocycles. The van der Waals surface area contributed by atoms with Gasteiger partial charge in [0.1, 0.15) is 0 Å². The molecule has 0 nitrogen and oxygen atoms in total. The molecule has 3 atom stereocenters. The Morgan fingerprint density at radius 3 is 2.92 bits per heavy atom. The van der Waals surface area contributed by atoms with Gasteiger partial charge in [-0.05, 0) is 50.9 Å². The summed E-state index contributed by atoms with van der Waals surface area (Å²) in [6.07, 6.45) is 11.3. The summed E-state index contributed by atoms with van der Waals surface area (Å²) in [5.74, 6) is 2.77. The third-order valence-electron chi connectivity index (χ3n) is 3.47. The Balaban J connectivity index is 1.98. The van der Waals surface area contributed by atoms with Crippen molar-refractivity contribution in [3.05, 3.63) is 23.8 Å². The fourth-order valence-corrected chi connectivity index (χ4v) is 2.74. The van der Waals surface area contributed by atoms with Crippen LogP contribution in [0.15, 0.2) is 23.8 Å². The molecule has 2 aliphatic carbocycles. The summed E-state index contributed by atoms with van der Waals surface area (Å²) in [6.45, 7) is 4.43. The zero-order valence-electron chi connectivity index (χ0n) is 8.09. The molecule has 0 N–H and O–H groups in total. The molecule has 2 unspecified atom stereocenters. The lowest BCUT2D eigenvalue weighted by molar-refractivity contribution is 0.242. The van der Waals surface area contributed by atoms with E-state index in [1.165, 1.54) is 19.3 Å². The second-order valence-corrected chi connectivity index (χ2v) is 4.28. The average molecular weight is 162 g/mol. The molecule has 0 radical (unpaired) electrons. The Kier molecular flexibility index (Phi) is 2.08. The first kappa shape index (κ1) is 8.10. The number of hydrogen-bond acceptors (Lipinski definition) is 0. The zero-order chi connectivity index (χ0) is 8.55. The summed E-state index contributed by atoms with van der Waals surface area (Å²) in [7, 11) is 0. The van der Waals surface area contributed by atoms with Crippen molar-refractivity contribution < 1.29 is 0 Å². The number of hydrogen-bond donors (Lipinski definition) is 0. The van der Waals surface area contributed by atoms with E-state index in [1.54, 1.807) is 5.57 Å². The van der Waals surface area contributed by atoms with Crippen molar-refractivity contribution >= 4 is 0 Å². The molecule has 66 valence electrons. The van der Waals surface area contributed by atoms with E-state index < -0.39 is 0 Å². The predicted molar refractivity (Wildman–Crippen MR) is 52.9 cm³/mol. The van der Waals surface area contributed by atoms with Gasteiger partial charge in [-0.25, -0.2) is 0 Å². The van der Waals surface area contributed by atoms with E-state index in [0.29, 0.717) is 0 Å². The number of fused-ring (bicyclic) bond motifs is 1. The van der Waals surface area contributed by atoms with Gasteiger partial charge in [0, 0.05) is 0 Å². The van der Waals surface area contributed by atoms with Crippen LogP contribution in [0.25, 0.3) is 0 Å². The number of rotatable bonds is 1. The van der Waals surface area contributed by atoms with Gasteiger partial charge in [-0.1, -0.05) is 23.8 Å². The maximum absolute atomic E-state index is 2.47. The fourth-order valence-electron chi connectivity index (χ4n) is 2.74. The van der Waals surface area contributed by atoms with E-state index in [9.17, 15) is 0 Å². The summed E-state index contributed by atoms with van der Waals surface area (Å²) in [5.41, 5.74) is 1.65. The Labute approximate surface area is 75.4 Å². The van der Waals surface area contributed by atoms with E-state index in [0.717, 1.165) is 17.8 Å². The van der Waals surface area contributed by atoms with E-state index in [1.807, 2.05) is 0 Å². The van der Waals surface area contributed by atoms with Gasteiger partial charge in [0.15, 0.2) is 0 Å². The molecule has 0 spiro atoms. The van der Waals surface area contributed by atoms with Crippen molar-refractivity contribution in [1.82, 2.24) is 0 Å². The maximum atomic E-state index is 2.47. The first-order chi connectivity index (χ1) is 5.81. The predicted octanol–water partition coefficient (Wildman–Crippen LogP) is 3.55. The van der Waals surface area contributed by atoms with Crippen molar-refractivity contribution in [2.45, 2.75) is 33.1 Å². The highest BCUT2D eigenvalue weighted by Crippen LogP contribution is 2.46. The minimum Gasteiger partial charge on any atom is -0.0914 e. The molecule has 0 heterocycles. The van der Waals surface area contributed by atoms with Crippen LogP contribution in [0.1, 0.15) is 33.1 Å². The Bertz CT molecular complexity index is 222. The van der Waals surface area contributed by atoms with Gasteiger partial charge in [0.25, 0.3) is 0 Å². The van der Waals surface area contributed by atoms with Crippen molar-refractivity contribution in [2.24, 2.45) is 17.8 Å². The molecule has 0 aromatic rings. The normalized spacial score (nSPS) is 40.5. The molecule has 0 aromatic heterocycles. The van der Waals surface area contributed by atoms with Crippen LogP contribution in [-0.4, -0.2) is 0 Å². The molecule has 0 heteroatoms. The Morgan fingerprint density at radius 1 is 1.42 bits per heavy atom. The lowest BCUT2D eigenvalue weighted by Gasteiger charge is -2.41. The highest BCUT2D eigenvalue weighted by atomic mass is 14.4. The standard InChI is InChI=1S/C12H18/c1-3-4-10-5-6-11-7-9(2)12(11)8-10/h3-4,7,10-12H,5-6,8H2,1-2H3/b4-3-/t10?,11?,12-/m0/s1. The molecular formula is C12H18. The molecule has 12 heavy (non-hydrogen) atoms. The van der Waals surface area contributed by atoms with Crippen molar-refractivity contribution in [1.29, 1.82) is 0 Å². The van der Waals surface area contributed by atoms with Gasteiger partial charge in [0.2, 0.25) is 0 Å². The molecule has 0 bridgehead atoms. The van der Waals surface area contributed by atoms with Gasteiger partial charge < -0.3 is 0 Å². The topological polar surface area (TPSA) is 0 Å². The van der Waals surface area contributed by atoms with Gasteiger partial charge in [-0.15, -0.1) is 0 Å². The van der Waals surface area contributed by atoms with E-state index in [-0.39, 0.29) is 0 Å². The molecule has 2 rings (SSSR count). The molecule has 0 aromatic carbocycles. The van der Waals surface area contributed by atoms with Gasteiger partial charge in [-0.2, -0.15) is 0 Å². The molecular weight excluding hydrogens is 144 g/mol. The van der Waals surface area contributed by atoms with Crippen LogP contribution in [0, 0.1) is 17.8 Å². The maximum Gasteiger partial charge on any atom is -0.0137 e. The largest absolute Gasteiger partial charge is 0.0914 e. The van der Waals surface area contributed by atoms with Crippen LogP contribution in [-0.2, 0) is 0 Å². The van der Waals surface area contributed by atoms with Crippen LogP contribution in [0.3, 0.4) is 0 Å². The fraction of sp³-hybridized carbons (Fsp3) is 0.667. The van der Waals surface area contributed by atoms with E-state index in [4.69, 9.17) is 0 Å². The second kappa shape index (κ2) is 3.08. The zero-order valence-corrected chi connectivity index (χ0v) is 8.09. The van der Waals surface area contributed by atoms with Crippen LogP contribution in [0.2, 0.25) is 0 Å². The lowest BCUT2D eigenvalue weighted by Crippen LogP contribution is -2.30. The van der Waals surface area contributed by atoms with Crippen LogP contribution in [0.5, 0.6) is 0 Å². The van der Waals surface area contributed by atoms with Gasteiger partial charge in [0.05, 0.1) is 0 Å². The summed E-state index contributed by atoms with van der Waals surface area (Å²) in [4.78, 5) is 0. The second-order valence-electron chi connectivity index (χ2n) is 4.28. The summed E-state index contributed by atoms with van der Waals surface area (Å²) in [6, 6.07) is 0. The third-order valence-corrected chi connectivity index (χ3v) is 3.47. The molecule has 0 aliphatic heterocycles. The first-order valence-corrected chi connectivity index (χ1v) is 5.12. The Hall–Kier alpha value is -0.520. The smallest absolute Gasteiger partial charge is 0.0137 e. The summed E-state index contributed by atoms with van der Waals surface area (Å²) >= 11 is 0. The van der Waals surface area contributed by atoms with Crippen LogP contribution >= 0.6 is 0 Å². The minimum atomic E-state index is 0.875. The molecule has 0 amide bonds. The van der Waals surface area contributed by atoms with Gasteiger partial charge >= 0.3 is 0 Å². The molecule has 1 fully saturated rings. The highest BCUT2D eigenvalue weighted by Gasteiger charge is 2.34.